The first-order chi connectivity index (χ1) is 14.5. The standard InChI is InChI=1S/C23H24ClN3O3/c1-15-3-10-20(16(2)13-15)29-12-11-22(28)27(19-8-9-19)14-21-25-26-23(30-21)17-4-6-18(24)7-5-17/h3-7,10,13,19H,8-9,11-12,14H2,1-2H3. The van der Waals surface area contributed by atoms with Crippen LogP contribution in [0.1, 0.15) is 36.3 Å². The van der Waals surface area contributed by atoms with Gasteiger partial charge in [0.05, 0.1) is 19.6 Å². The SMILES string of the molecule is Cc1ccc(OCCC(=O)N(Cc2nnc(-c3ccc(Cl)cc3)o2)C2CC2)c(C)c1. The summed E-state index contributed by atoms with van der Waals surface area (Å²) in [6.07, 6.45) is 2.31. The number of nitrogens with zero attached hydrogens (tertiary/aromatic N) is 3. The third kappa shape index (κ3) is 5.00. The topological polar surface area (TPSA) is 68.5 Å². The van der Waals surface area contributed by atoms with Gasteiger partial charge in [0, 0.05) is 16.6 Å². The second kappa shape index (κ2) is 8.88. The summed E-state index contributed by atoms with van der Waals surface area (Å²) in [7, 11) is 0. The fourth-order valence-corrected chi connectivity index (χ4v) is 3.46. The number of carbonyl (C=O) groups is 1. The van der Waals surface area contributed by atoms with E-state index in [0.29, 0.717) is 36.4 Å². The molecule has 0 unspecified atom stereocenters. The molecule has 0 saturated heterocycles. The van der Waals surface area contributed by atoms with Gasteiger partial charge in [-0.05, 0) is 62.6 Å². The van der Waals surface area contributed by atoms with E-state index in [1.54, 1.807) is 12.1 Å². The smallest absolute Gasteiger partial charge is 0.247 e. The summed E-state index contributed by atoms with van der Waals surface area (Å²) in [5, 5.41) is 8.87. The van der Waals surface area contributed by atoms with E-state index in [1.807, 2.05) is 43.0 Å². The number of amides is 1. The monoisotopic (exact) mass is 425 g/mol. The van der Waals surface area contributed by atoms with E-state index in [1.165, 1.54) is 5.56 Å². The largest absolute Gasteiger partial charge is 0.493 e. The van der Waals surface area contributed by atoms with E-state index in [2.05, 4.69) is 16.3 Å². The molecule has 0 atom stereocenters. The van der Waals surface area contributed by atoms with Gasteiger partial charge in [-0.15, -0.1) is 10.2 Å². The van der Waals surface area contributed by atoms with Crippen LogP contribution < -0.4 is 4.74 Å². The van der Waals surface area contributed by atoms with E-state index in [-0.39, 0.29) is 11.9 Å². The molecule has 2 aromatic carbocycles. The second-order valence-corrected chi connectivity index (χ2v) is 8.06. The minimum atomic E-state index is 0.0357. The van der Waals surface area contributed by atoms with Gasteiger partial charge >= 0.3 is 0 Å². The van der Waals surface area contributed by atoms with E-state index < -0.39 is 0 Å². The summed E-state index contributed by atoms with van der Waals surface area (Å²) in [5.74, 6) is 1.70. The lowest BCUT2D eigenvalue weighted by Gasteiger charge is -2.20. The molecular formula is C23H24ClN3O3. The highest BCUT2D eigenvalue weighted by Crippen LogP contribution is 2.29. The van der Waals surface area contributed by atoms with Gasteiger partial charge in [0.15, 0.2) is 0 Å². The molecular weight excluding hydrogens is 402 g/mol. The normalized spacial score (nSPS) is 13.3. The van der Waals surface area contributed by atoms with Crippen molar-refractivity contribution in [1.82, 2.24) is 15.1 Å². The first-order valence-corrected chi connectivity index (χ1v) is 10.5. The maximum absolute atomic E-state index is 12.8. The van der Waals surface area contributed by atoms with Crippen molar-refractivity contribution >= 4 is 17.5 Å². The van der Waals surface area contributed by atoms with E-state index in [4.69, 9.17) is 20.8 Å². The van der Waals surface area contributed by atoms with Crippen LogP contribution in [-0.2, 0) is 11.3 Å². The molecule has 0 bridgehead atoms. The van der Waals surface area contributed by atoms with Gasteiger partial charge in [-0.1, -0.05) is 29.3 Å². The van der Waals surface area contributed by atoms with Crippen LogP contribution in [0.25, 0.3) is 11.5 Å². The zero-order valence-corrected chi connectivity index (χ0v) is 17.9. The van der Waals surface area contributed by atoms with Crippen LogP contribution in [0.15, 0.2) is 46.9 Å². The van der Waals surface area contributed by atoms with Crippen LogP contribution >= 0.6 is 11.6 Å². The molecule has 1 amide bonds. The molecule has 0 N–H and O–H groups in total. The second-order valence-electron chi connectivity index (χ2n) is 7.63. The molecule has 4 rings (SSSR count). The third-order valence-corrected chi connectivity index (χ3v) is 5.33. The van der Waals surface area contributed by atoms with E-state index in [9.17, 15) is 4.79 Å². The Morgan fingerprint density at radius 3 is 2.63 bits per heavy atom. The van der Waals surface area contributed by atoms with Crippen molar-refractivity contribution in [2.75, 3.05) is 6.61 Å². The van der Waals surface area contributed by atoms with Gasteiger partial charge < -0.3 is 14.1 Å². The Bertz CT molecular complexity index is 1030. The van der Waals surface area contributed by atoms with E-state index >= 15 is 0 Å². The first-order valence-electron chi connectivity index (χ1n) is 10.1. The quantitative estimate of drug-likeness (QED) is 0.509. The maximum atomic E-state index is 12.8. The van der Waals surface area contributed by atoms with Crippen molar-refractivity contribution in [2.24, 2.45) is 0 Å². The summed E-state index contributed by atoms with van der Waals surface area (Å²) in [6, 6.07) is 13.5. The first kappa shape index (κ1) is 20.4. The van der Waals surface area contributed by atoms with Crippen molar-refractivity contribution in [3.63, 3.8) is 0 Å². The molecule has 7 heteroatoms. The number of aryl methyl sites for hydroxylation is 2. The van der Waals surface area contributed by atoms with Crippen LogP contribution in [0, 0.1) is 13.8 Å². The average molecular weight is 426 g/mol. The summed E-state index contributed by atoms with van der Waals surface area (Å²) in [5.41, 5.74) is 3.06. The van der Waals surface area contributed by atoms with Crippen LogP contribution in [0.4, 0.5) is 0 Å². The minimum absolute atomic E-state index is 0.0357. The molecule has 1 aliphatic rings. The van der Waals surface area contributed by atoms with Gasteiger partial charge in [-0.2, -0.15) is 0 Å². The molecule has 30 heavy (non-hydrogen) atoms. The number of hydrogen-bond donors (Lipinski definition) is 0. The molecule has 3 aromatic rings. The fourth-order valence-electron chi connectivity index (χ4n) is 3.33. The summed E-state index contributed by atoms with van der Waals surface area (Å²) in [4.78, 5) is 14.6. The van der Waals surface area contributed by atoms with Crippen LogP contribution in [0.3, 0.4) is 0 Å². The van der Waals surface area contributed by atoms with Gasteiger partial charge in [-0.25, -0.2) is 0 Å². The summed E-state index contributed by atoms with van der Waals surface area (Å²) >= 11 is 5.93. The van der Waals surface area contributed by atoms with Gasteiger partial charge in [0.1, 0.15) is 5.75 Å². The Morgan fingerprint density at radius 1 is 1.17 bits per heavy atom. The lowest BCUT2D eigenvalue weighted by Crippen LogP contribution is -2.33. The zero-order valence-electron chi connectivity index (χ0n) is 17.1. The average Bonchev–Trinajstić information content (AvgIpc) is 3.46. The zero-order chi connectivity index (χ0) is 21.1. The maximum Gasteiger partial charge on any atom is 0.247 e. The summed E-state index contributed by atoms with van der Waals surface area (Å²) in [6.45, 7) is 4.71. The highest BCUT2D eigenvalue weighted by atomic mass is 35.5. The number of ether oxygens (including phenoxy) is 1. The predicted octanol–water partition coefficient (Wildman–Crippen LogP) is 4.97. The van der Waals surface area contributed by atoms with Crippen molar-refractivity contribution in [1.29, 1.82) is 0 Å². The van der Waals surface area contributed by atoms with Crippen molar-refractivity contribution in [2.45, 2.75) is 45.7 Å². The van der Waals surface area contributed by atoms with Crippen LogP contribution in [0.5, 0.6) is 5.75 Å². The Balaban J connectivity index is 1.36. The Kier molecular flexibility index (Phi) is 6.04. The molecule has 1 aromatic heterocycles. The Labute approximate surface area is 180 Å². The number of hydrogen-bond acceptors (Lipinski definition) is 5. The molecule has 156 valence electrons. The van der Waals surface area contributed by atoms with Crippen LogP contribution in [-0.4, -0.2) is 33.7 Å². The van der Waals surface area contributed by atoms with Gasteiger partial charge in [0.25, 0.3) is 0 Å². The van der Waals surface area contributed by atoms with Crippen molar-refractivity contribution in [3.8, 4) is 17.2 Å². The minimum Gasteiger partial charge on any atom is -0.493 e. The van der Waals surface area contributed by atoms with E-state index in [0.717, 1.165) is 29.7 Å². The molecule has 6 nitrogen and oxygen atoms in total. The number of carbonyl (C=O) groups excluding carboxylic acids is 1. The van der Waals surface area contributed by atoms with Gasteiger partial charge in [0.2, 0.25) is 17.7 Å². The molecule has 0 radical (unpaired) electrons. The summed E-state index contributed by atoms with van der Waals surface area (Å²) < 4.78 is 11.6. The van der Waals surface area contributed by atoms with Crippen molar-refractivity contribution in [3.05, 3.63) is 64.5 Å². The number of benzene rings is 2. The predicted molar refractivity (Wildman–Crippen MR) is 114 cm³/mol. The van der Waals surface area contributed by atoms with Crippen LogP contribution in [0.2, 0.25) is 5.02 Å². The highest BCUT2D eigenvalue weighted by Gasteiger charge is 2.33. The molecule has 0 spiro atoms. The highest BCUT2D eigenvalue weighted by molar-refractivity contribution is 6.30. The molecule has 1 fully saturated rings. The Hall–Kier alpha value is -2.86. The van der Waals surface area contributed by atoms with Crippen molar-refractivity contribution < 1.29 is 13.9 Å². The molecule has 1 aliphatic carbocycles. The Morgan fingerprint density at radius 2 is 1.93 bits per heavy atom. The lowest BCUT2D eigenvalue weighted by atomic mass is 10.1. The number of aromatic nitrogens is 2. The lowest BCUT2D eigenvalue weighted by molar-refractivity contribution is -0.133. The third-order valence-electron chi connectivity index (χ3n) is 5.08. The fraction of sp³-hybridized carbons (Fsp3) is 0.348. The molecule has 1 heterocycles. The molecule has 1 saturated carbocycles. The van der Waals surface area contributed by atoms with Gasteiger partial charge in [-0.3, -0.25) is 4.79 Å². The number of rotatable bonds is 8. The number of halogens is 1. The molecule has 0 aliphatic heterocycles.